The van der Waals surface area contributed by atoms with Crippen LogP contribution in [-0.4, -0.2) is 73.3 Å². The molecule has 234 valence electrons. The Hall–Kier alpha value is -3.54. The maximum absolute atomic E-state index is 14.7. The Labute approximate surface area is 258 Å². The normalized spacial score (nSPS) is 21.0. The fourth-order valence-corrected chi connectivity index (χ4v) is 7.68. The molecule has 2 aromatic carbocycles. The minimum atomic E-state index is -3.99. The van der Waals surface area contributed by atoms with Crippen LogP contribution in [0.15, 0.2) is 42.0 Å². The van der Waals surface area contributed by atoms with Gasteiger partial charge in [-0.1, -0.05) is 25.3 Å². The van der Waals surface area contributed by atoms with Gasteiger partial charge >= 0.3 is 10.2 Å². The summed E-state index contributed by atoms with van der Waals surface area (Å²) in [6.45, 7) is 5.47. The lowest BCUT2D eigenvalue weighted by molar-refractivity contribution is -0.129. The Bertz CT molecular complexity index is 1760. The van der Waals surface area contributed by atoms with Crippen LogP contribution in [-0.2, 0) is 21.5 Å². The van der Waals surface area contributed by atoms with Gasteiger partial charge in [-0.25, -0.2) is 9.11 Å². The number of carbonyl (C=O) groups excluding carboxylic acids is 2. The Morgan fingerprint density at radius 3 is 2.39 bits per heavy atom. The Kier molecular flexibility index (Phi) is 8.15. The lowest BCUT2D eigenvalue weighted by Crippen LogP contribution is -2.56. The molecule has 3 heterocycles. The number of carbonyl (C=O) groups is 2. The third kappa shape index (κ3) is 5.68. The zero-order valence-electron chi connectivity index (χ0n) is 25.7. The first kappa shape index (κ1) is 30.5. The molecule has 44 heavy (non-hydrogen) atoms. The molecule has 1 aromatic heterocycles. The highest BCUT2D eigenvalue weighted by Gasteiger charge is 2.33. The average molecular weight is 622 g/mol. The van der Waals surface area contributed by atoms with Crippen LogP contribution in [0.4, 0.5) is 4.39 Å². The van der Waals surface area contributed by atoms with Gasteiger partial charge in [0.05, 0.1) is 12.2 Å². The van der Waals surface area contributed by atoms with Crippen molar-refractivity contribution in [3.05, 3.63) is 64.5 Å². The molecule has 2 amide bonds. The number of nitrogens with zero attached hydrogens (tertiary/aromatic N) is 3. The van der Waals surface area contributed by atoms with Crippen LogP contribution in [0.25, 0.3) is 28.2 Å². The van der Waals surface area contributed by atoms with E-state index in [0.29, 0.717) is 24.2 Å². The van der Waals surface area contributed by atoms with Gasteiger partial charge in [0.25, 0.3) is 11.8 Å². The van der Waals surface area contributed by atoms with E-state index in [1.165, 1.54) is 32.6 Å². The van der Waals surface area contributed by atoms with E-state index in [2.05, 4.69) is 28.5 Å². The van der Waals surface area contributed by atoms with Crippen molar-refractivity contribution < 1.29 is 22.4 Å². The van der Waals surface area contributed by atoms with Crippen molar-refractivity contribution in [2.24, 2.45) is 0 Å². The zero-order chi connectivity index (χ0) is 31.3. The topological polar surface area (TPSA) is 104 Å². The minimum Gasteiger partial charge on any atom is -0.336 e. The molecule has 3 aliphatic rings. The fourth-order valence-electron chi connectivity index (χ4n) is 7.14. The van der Waals surface area contributed by atoms with Crippen molar-refractivity contribution in [1.29, 1.82) is 0 Å². The molecule has 9 nitrogen and oxygen atoms in total. The molecule has 6 rings (SSSR count). The molecule has 1 saturated heterocycles. The standard InChI is InChI=1S/C33H40FN5O4S/c1-20-17-38(18-21(2)35-20)33(41)25-14-24-15-26(34)11-13-27(24)31-30(22-8-6-5-7-9-22)28-12-10-23(16-29(28)39(31)19-25)32(40)36-44(42,43)37(3)4/h10-16,20-22,35H,5-9,17-19H2,1-4H3,(H,36,40)/t20-,21+. The van der Waals surface area contributed by atoms with E-state index in [1.807, 2.05) is 17.0 Å². The van der Waals surface area contributed by atoms with E-state index < -0.39 is 16.1 Å². The number of piperazine rings is 1. The van der Waals surface area contributed by atoms with Crippen molar-refractivity contribution in [2.75, 3.05) is 27.2 Å². The van der Waals surface area contributed by atoms with Crippen molar-refractivity contribution in [3.8, 4) is 11.3 Å². The first-order valence-electron chi connectivity index (χ1n) is 15.4. The van der Waals surface area contributed by atoms with Crippen LogP contribution in [0.3, 0.4) is 0 Å². The van der Waals surface area contributed by atoms with E-state index in [9.17, 15) is 22.4 Å². The molecule has 0 spiro atoms. The molecule has 2 N–H and O–H groups in total. The van der Waals surface area contributed by atoms with Crippen LogP contribution in [0, 0.1) is 5.82 Å². The highest BCUT2D eigenvalue weighted by atomic mass is 32.2. The van der Waals surface area contributed by atoms with Gasteiger partial charge < -0.3 is 14.8 Å². The molecule has 1 aliphatic carbocycles. The number of amides is 2. The SMILES string of the molecule is C[C@@H]1CN(C(=O)C2=Cc3cc(F)ccc3-c3c(C4CCCCC4)c4ccc(C(=O)NS(=O)(=O)N(C)C)cc4n3C2)C[C@H](C)N1. The fraction of sp³-hybridized carbons (Fsp3) is 0.455. The van der Waals surface area contributed by atoms with E-state index in [1.54, 1.807) is 18.2 Å². The third-order valence-electron chi connectivity index (χ3n) is 9.13. The molecule has 1 saturated carbocycles. The quantitative estimate of drug-likeness (QED) is 0.432. The number of hydrogen-bond donors (Lipinski definition) is 2. The number of hydrogen-bond acceptors (Lipinski definition) is 5. The Morgan fingerprint density at radius 2 is 1.70 bits per heavy atom. The number of nitrogens with one attached hydrogen (secondary N) is 2. The second-order valence-electron chi connectivity index (χ2n) is 12.7. The van der Waals surface area contributed by atoms with Crippen LogP contribution in [0.1, 0.15) is 73.4 Å². The van der Waals surface area contributed by atoms with Gasteiger partial charge in [0.2, 0.25) is 0 Å². The monoisotopic (exact) mass is 621 g/mol. The highest BCUT2D eigenvalue weighted by Crippen LogP contribution is 2.46. The summed E-state index contributed by atoms with van der Waals surface area (Å²) >= 11 is 0. The van der Waals surface area contributed by atoms with E-state index in [4.69, 9.17) is 0 Å². The Balaban J connectivity index is 1.54. The third-order valence-corrected chi connectivity index (χ3v) is 10.5. The second-order valence-corrected chi connectivity index (χ2v) is 14.6. The van der Waals surface area contributed by atoms with Crippen LogP contribution in [0.2, 0.25) is 0 Å². The van der Waals surface area contributed by atoms with Crippen molar-refractivity contribution in [1.82, 2.24) is 23.8 Å². The van der Waals surface area contributed by atoms with Crippen LogP contribution < -0.4 is 10.0 Å². The maximum atomic E-state index is 14.7. The van der Waals surface area contributed by atoms with E-state index in [0.717, 1.165) is 57.7 Å². The van der Waals surface area contributed by atoms with Crippen molar-refractivity contribution >= 4 is 39.0 Å². The van der Waals surface area contributed by atoms with Gasteiger partial charge in [0, 0.05) is 66.9 Å². The Morgan fingerprint density at radius 1 is 1.00 bits per heavy atom. The van der Waals surface area contributed by atoms with E-state index >= 15 is 0 Å². The number of halogens is 1. The molecule has 2 atom stereocenters. The summed E-state index contributed by atoms with van der Waals surface area (Å²) in [6.07, 6.45) is 7.25. The number of benzene rings is 2. The molecule has 0 unspecified atom stereocenters. The number of fused-ring (bicyclic) bond motifs is 5. The summed E-state index contributed by atoms with van der Waals surface area (Å²) < 4.78 is 44.8. The van der Waals surface area contributed by atoms with Crippen LogP contribution >= 0.6 is 0 Å². The number of aromatic nitrogens is 1. The van der Waals surface area contributed by atoms with Gasteiger partial charge in [-0.2, -0.15) is 12.7 Å². The lowest BCUT2D eigenvalue weighted by atomic mass is 9.81. The molecule has 11 heteroatoms. The minimum absolute atomic E-state index is 0.0969. The molecule has 0 radical (unpaired) electrons. The number of rotatable bonds is 5. The summed E-state index contributed by atoms with van der Waals surface area (Å²) in [5.74, 6) is -0.940. The first-order valence-corrected chi connectivity index (χ1v) is 16.8. The van der Waals surface area contributed by atoms with Crippen LogP contribution in [0.5, 0.6) is 0 Å². The maximum Gasteiger partial charge on any atom is 0.303 e. The van der Waals surface area contributed by atoms with Gasteiger partial charge in [0.15, 0.2) is 0 Å². The lowest BCUT2D eigenvalue weighted by Gasteiger charge is -2.36. The largest absolute Gasteiger partial charge is 0.336 e. The molecular formula is C33H40FN5O4S. The van der Waals surface area contributed by atoms with Gasteiger partial charge in [-0.05, 0) is 80.1 Å². The summed E-state index contributed by atoms with van der Waals surface area (Å²) in [5.41, 5.74) is 5.05. The molecule has 3 aromatic rings. The highest BCUT2D eigenvalue weighted by molar-refractivity contribution is 7.87. The summed E-state index contributed by atoms with van der Waals surface area (Å²) in [5, 5.41) is 4.43. The molecule has 2 aliphatic heterocycles. The van der Waals surface area contributed by atoms with Crippen molar-refractivity contribution in [3.63, 3.8) is 0 Å². The summed E-state index contributed by atoms with van der Waals surface area (Å²) in [7, 11) is -1.28. The molecule has 0 bridgehead atoms. The average Bonchev–Trinajstić information content (AvgIpc) is 3.19. The predicted molar refractivity (Wildman–Crippen MR) is 170 cm³/mol. The summed E-state index contributed by atoms with van der Waals surface area (Å²) in [4.78, 5) is 29.2. The smallest absolute Gasteiger partial charge is 0.303 e. The molecule has 2 fully saturated rings. The second kappa shape index (κ2) is 11.8. The van der Waals surface area contributed by atoms with Gasteiger partial charge in [-0.15, -0.1) is 0 Å². The van der Waals surface area contributed by atoms with E-state index in [-0.39, 0.29) is 41.8 Å². The van der Waals surface area contributed by atoms with Crippen molar-refractivity contribution in [2.45, 2.75) is 70.5 Å². The van der Waals surface area contributed by atoms with Gasteiger partial charge in [0.1, 0.15) is 5.82 Å². The first-order chi connectivity index (χ1) is 20.9. The molecular weight excluding hydrogens is 581 g/mol. The predicted octanol–water partition coefficient (Wildman–Crippen LogP) is 4.64. The van der Waals surface area contributed by atoms with Gasteiger partial charge in [-0.3, -0.25) is 9.59 Å². The zero-order valence-corrected chi connectivity index (χ0v) is 26.5. The summed E-state index contributed by atoms with van der Waals surface area (Å²) in [6, 6.07) is 10.3.